The van der Waals surface area contributed by atoms with Gasteiger partial charge in [-0.05, 0) is 44.5 Å². The van der Waals surface area contributed by atoms with Gasteiger partial charge in [0, 0.05) is 6.04 Å². The number of halogens is 1. The predicted octanol–water partition coefficient (Wildman–Crippen LogP) is 2.00. The van der Waals surface area contributed by atoms with Gasteiger partial charge in [-0.1, -0.05) is 6.92 Å². The third-order valence-electron chi connectivity index (χ3n) is 2.54. The minimum absolute atomic E-state index is 0.207. The second-order valence-electron chi connectivity index (χ2n) is 3.81. The first-order valence-corrected chi connectivity index (χ1v) is 5.82. The van der Waals surface area contributed by atoms with Gasteiger partial charge in [-0.3, -0.25) is 4.98 Å². The van der Waals surface area contributed by atoms with E-state index in [1.165, 1.54) is 12.3 Å². The first-order chi connectivity index (χ1) is 7.77. The van der Waals surface area contributed by atoms with Gasteiger partial charge < -0.3 is 11.1 Å². The molecule has 1 heterocycles. The minimum Gasteiger partial charge on any atom is -0.330 e. The summed E-state index contributed by atoms with van der Waals surface area (Å²) in [6, 6.07) is 3.39. The number of aromatic nitrogens is 1. The molecule has 0 saturated carbocycles. The maximum atomic E-state index is 12.7. The Morgan fingerprint density at radius 1 is 1.44 bits per heavy atom. The highest BCUT2D eigenvalue weighted by atomic mass is 19.1. The maximum Gasteiger partial charge on any atom is 0.141 e. The zero-order valence-electron chi connectivity index (χ0n) is 9.75. The van der Waals surface area contributed by atoms with Crippen molar-refractivity contribution in [1.29, 1.82) is 0 Å². The van der Waals surface area contributed by atoms with Gasteiger partial charge in [-0.25, -0.2) is 4.39 Å². The number of hydrogen-bond donors (Lipinski definition) is 2. The van der Waals surface area contributed by atoms with Crippen molar-refractivity contribution in [3.63, 3.8) is 0 Å². The van der Waals surface area contributed by atoms with Crippen LogP contribution in [0.4, 0.5) is 4.39 Å². The standard InChI is InChI=1S/C12H20FN3/c1-2-11(15-8-4-3-7-14)12-6-5-10(13)9-16-12/h5-6,9,11,15H,2-4,7-8,14H2,1H3. The molecular formula is C12H20FN3. The Morgan fingerprint density at radius 3 is 2.81 bits per heavy atom. The van der Waals surface area contributed by atoms with Crippen LogP contribution >= 0.6 is 0 Å². The summed E-state index contributed by atoms with van der Waals surface area (Å²) in [6.07, 6.45) is 4.30. The average Bonchev–Trinajstić information content (AvgIpc) is 2.31. The fraction of sp³-hybridized carbons (Fsp3) is 0.583. The molecule has 0 aliphatic heterocycles. The Kier molecular flexibility index (Phi) is 5.96. The number of rotatable bonds is 7. The fourth-order valence-electron chi connectivity index (χ4n) is 1.60. The molecule has 1 aromatic heterocycles. The molecule has 1 unspecified atom stereocenters. The van der Waals surface area contributed by atoms with Gasteiger partial charge >= 0.3 is 0 Å². The Bertz CT molecular complexity index is 287. The first kappa shape index (κ1) is 13.1. The zero-order chi connectivity index (χ0) is 11.8. The summed E-state index contributed by atoms with van der Waals surface area (Å²) in [7, 11) is 0. The van der Waals surface area contributed by atoms with Crippen molar-refractivity contribution in [2.45, 2.75) is 32.2 Å². The summed E-state index contributed by atoms with van der Waals surface area (Å²) in [5.41, 5.74) is 6.32. The van der Waals surface area contributed by atoms with Gasteiger partial charge in [0.05, 0.1) is 11.9 Å². The van der Waals surface area contributed by atoms with Crippen molar-refractivity contribution in [2.75, 3.05) is 13.1 Å². The summed E-state index contributed by atoms with van der Waals surface area (Å²) >= 11 is 0. The Morgan fingerprint density at radius 2 is 2.25 bits per heavy atom. The maximum absolute atomic E-state index is 12.7. The van der Waals surface area contributed by atoms with E-state index in [2.05, 4.69) is 17.2 Å². The van der Waals surface area contributed by atoms with Crippen molar-refractivity contribution in [3.05, 3.63) is 29.8 Å². The lowest BCUT2D eigenvalue weighted by atomic mass is 10.1. The fourth-order valence-corrected chi connectivity index (χ4v) is 1.60. The molecule has 3 nitrogen and oxygen atoms in total. The van der Waals surface area contributed by atoms with Gasteiger partial charge in [0.15, 0.2) is 0 Å². The minimum atomic E-state index is -0.290. The molecule has 0 aliphatic rings. The molecule has 0 spiro atoms. The van der Waals surface area contributed by atoms with Crippen LogP contribution in [0.25, 0.3) is 0 Å². The average molecular weight is 225 g/mol. The largest absolute Gasteiger partial charge is 0.330 e. The van der Waals surface area contributed by atoms with Gasteiger partial charge in [0.2, 0.25) is 0 Å². The number of hydrogen-bond acceptors (Lipinski definition) is 3. The molecule has 16 heavy (non-hydrogen) atoms. The molecule has 3 N–H and O–H groups in total. The predicted molar refractivity (Wildman–Crippen MR) is 63.5 cm³/mol. The summed E-state index contributed by atoms with van der Waals surface area (Å²) in [6.45, 7) is 3.74. The zero-order valence-corrected chi connectivity index (χ0v) is 9.75. The molecule has 4 heteroatoms. The Balaban J connectivity index is 2.44. The number of nitrogens with two attached hydrogens (primary N) is 1. The summed E-state index contributed by atoms with van der Waals surface area (Å²) in [4.78, 5) is 4.09. The van der Waals surface area contributed by atoms with Crippen molar-refractivity contribution < 1.29 is 4.39 Å². The molecular weight excluding hydrogens is 205 g/mol. The van der Waals surface area contributed by atoms with E-state index in [9.17, 15) is 4.39 Å². The van der Waals surface area contributed by atoms with Crippen LogP contribution in [-0.4, -0.2) is 18.1 Å². The number of pyridine rings is 1. The number of unbranched alkanes of at least 4 members (excludes halogenated alkanes) is 1. The molecule has 1 rings (SSSR count). The Labute approximate surface area is 96.3 Å². The third kappa shape index (κ3) is 4.24. The van der Waals surface area contributed by atoms with Crippen LogP contribution in [0.1, 0.15) is 37.9 Å². The molecule has 0 aromatic carbocycles. The monoisotopic (exact) mass is 225 g/mol. The quantitative estimate of drug-likeness (QED) is 0.698. The van der Waals surface area contributed by atoms with Crippen LogP contribution in [0, 0.1) is 5.82 Å². The van der Waals surface area contributed by atoms with E-state index in [1.807, 2.05) is 0 Å². The van der Waals surface area contributed by atoms with Gasteiger partial charge in [0.1, 0.15) is 5.82 Å². The van der Waals surface area contributed by atoms with Crippen molar-refractivity contribution in [1.82, 2.24) is 10.3 Å². The molecule has 0 bridgehead atoms. The summed E-state index contributed by atoms with van der Waals surface area (Å²) in [5, 5.41) is 3.40. The molecule has 0 saturated heterocycles. The normalized spacial score (nSPS) is 12.7. The highest BCUT2D eigenvalue weighted by Crippen LogP contribution is 2.13. The van der Waals surface area contributed by atoms with Crippen LogP contribution in [0.2, 0.25) is 0 Å². The van der Waals surface area contributed by atoms with Crippen LogP contribution in [0.3, 0.4) is 0 Å². The Hall–Kier alpha value is -1.00. The molecule has 0 radical (unpaired) electrons. The van der Waals surface area contributed by atoms with Gasteiger partial charge in [0.25, 0.3) is 0 Å². The third-order valence-corrected chi connectivity index (χ3v) is 2.54. The molecule has 0 aliphatic carbocycles. The van der Waals surface area contributed by atoms with E-state index in [0.29, 0.717) is 0 Å². The molecule has 1 atom stereocenters. The second kappa shape index (κ2) is 7.30. The van der Waals surface area contributed by atoms with E-state index in [-0.39, 0.29) is 11.9 Å². The van der Waals surface area contributed by atoms with Crippen molar-refractivity contribution in [3.8, 4) is 0 Å². The van der Waals surface area contributed by atoms with Gasteiger partial charge in [-0.15, -0.1) is 0 Å². The van der Waals surface area contributed by atoms with Crippen LogP contribution in [0.15, 0.2) is 18.3 Å². The summed E-state index contributed by atoms with van der Waals surface area (Å²) < 4.78 is 12.7. The second-order valence-corrected chi connectivity index (χ2v) is 3.81. The lowest BCUT2D eigenvalue weighted by Crippen LogP contribution is -2.23. The highest BCUT2D eigenvalue weighted by molar-refractivity contribution is 5.09. The molecule has 0 amide bonds. The van der Waals surface area contributed by atoms with E-state index in [1.54, 1.807) is 6.07 Å². The van der Waals surface area contributed by atoms with Gasteiger partial charge in [-0.2, -0.15) is 0 Å². The van der Waals surface area contributed by atoms with E-state index in [0.717, 1.165) is 38.0 Å². The van der Waals surface area contributed by atoms with Crippen LogP contribution in [-0.2, 0) is 0 Å². The lowest BCUT2D eigenvalue weighted by molar-refractivity contribution is 0.492. The van der Waals surface area contributed by atoms with E-state index in [4.69, 9.17) is 5.73 Å². The SMILES string of the molecule is CCC(NCCCCN)c1ccc(F)cn1. The molecule has 1 aromatic rings. The van der Waals surface area contributed by atoms with Crippen molar-refractivity contribution in [2.24, 2.45) is 5.73 Å². The number of nitrogens with one attached hydrogen (secondary N) is 1. The topological polar surface area (TPSA) is 50.9 Å². The highest BCUT2D eigenvalue weighted by Gasteiger charge is 2.09. The van der Waals surface area contributed by atoms with Crippen molar-refractivity contribution >= 4 is 0 Å². The lowest BCUT2D eigenvalue weighted by Gasteiger charge is -2.16. The smallest absolute Gasteiger partial charge is 0.141 e. The van der Waals surface area contributed by atoms with E-state index < -0.39 is 0 Å². The first-order valence-electron chi connectivity index (χ1n) is 5.82. The van der Waals surface area contributed by atoms with Crippen LogP contribution < -0.4 is 11.1 Å². The number of nitrogens with zero attached hydrogens (tertiary/aromatic N) is 1. The summed E-state index contributed by atoms with van der Waals surface area (Å²) in [5.74, 6) is -0.290. The molecule has 0 fully saturated rings. The van der Waals surface area contributed by atoms with E-state index >= 15 is 0 Å². The molecule has 90 valence electrons. The van der Waals surface area contributed by atoms with Crippen LogP contribution in [0.5, 0.6) is 0 Å².